The van der Waals surface area contributed by atoms with Crippen LogP contribution in [0.15, 0.2) is 28.3 Å². The van der Waals surface area contributed by atoms with Crippen molar-refractivity contribution in [1.82, 2.24) is 14.8 Å². The van der Waals surface area contributed by atoms with E-state index < -0.39 is 4.92 Å². The van der Waals surface area contributed by atoms with Crippen molar-refractivity contribution in [3.8, 4) is 0 Å². The van der Waals surface area contributed by atoms with Crippen molar-refractivity contribution in [3.05, 3.63) is 39.2 Å². The third kappa shape index (κ3) is 2.46. The Labute approximate surface area is 112 Å². The molecule has 0 N–H and O–H groups in total. The van der Waals surface area contributed by atoms with Gasteiger partial charge in [-0.05, 0) is 24.8 Å². The molecule has 0 spiro atoms. The van der Waals surface area contributed by atoms with Gasteiger partial charge in [-0.15, -0.1) is 10.2 Å². The predicted molar refractivity (Wildman–Crippen MR) is 68.0 cm³/mol. The summed E-state index contributed by atoms with van der Waals surface area (Å²) in [6, 6.07) is 4.35. The van der Waals surface area contributed by atoms with Gasteiger partial charge in [0.1, 0.15) is 5.82 Å². The minimum atomic E-state index is -0.479. The zero-order valence-corrected chi connectivity index (χ0v) is 11.2. The molecule has 0 saturated carbocycles. The number of rotatable bonds is 3. The first kappa shape index (κ1) is 12.8. The van der Waals surface area contributed by atoms with Crippen LogP contribution in [0.25, 0.3) is 0 Å². The maximum absolute atomic E-state index is 10.6. The Balaban J connectivity index is 2.30. The van der Waals surface area contributed by atoms with Gasteiger partial charge in [-0.3, -0.25) is 10.1 Å². The fraction of sp³-hybridized carbons (Fsp3) is 0.200. The minimum absolute atomic E-state index is 0.0292. The van der Waals surface area contributed by atoms with Crippen LogP contribution in [0.1, 0.15) is 5.82 Å². The second-order valence-electron chi connectivity index (χ2n) is 3.56. The number of hydrogen-bond acceptors (Lipinski definition) is 5. The summed E-state index contributed by atoms with van der Waals surface area (Å²) in [5.74, 6) is 0.788. The lowest BCUT2D eigenvalue weighted by molar-refractivity contribution is -0.384. The maximum atomic E-state index is 10.6. The third-order valence-electron chi connectivity index (χ3n) is 2.38. The Kier molecular flexibility index (Phi) is 3.53. The van der Waals surface area contributed by atoms with Crippen LogP contribution in [0.4, 0.5) is 5.69 Å². The van der Waals surface area contributed by atoms with E-state index in [-0.39, 0.29) is 5.69 Å². The number of non-ortho nitro benzene ring substituents is 1. The topological polar surface area (TPSA) is 73.8 Å². The normalized spacial score (nSPS) is 10.6. The largest absolute Gasteiger partial charge is 0.309 e. The second-order valence-corrected chi connectivity index (χ2v) is 4.98. The Morgan fingerprint density at radius 2 is 2.17 bits per heavy atom. The van der Waals surface area contributed by atoms with Crippen molar-refractivity contribution in [1.29, 1.82) is 0 Å². The summed E-state index contributed by atoms with van der Waals surface area (Å²) < 4.78 is 1.82. The van der Waals surface area contributed by atoms with Gasteiger partial charge in [0, 0.05) is 24.1 Å². The molecule has 2 rings (SSSR count). The summed E-state index contributed by atoms with van der Waals surface area (Å²) in [7, 11) is 1.84. The molecule has 0 aliphatic carbocycles. The Morgan fingerprint density at radius 3 is 2.67 bits per heavy atom. The summed E-state index contributed by atoms with van der Waals surface area (Å²) in [5.41, 5.74) is -0.0292. The van der Waals surface area contributed by atoms with Crippen molar-refractivity contribution >= 4 is 29.1 Å². The van der Waals surface area contributed by atoms with Gasteiger partial charge in [0.25, 0.3) is 5.69 Å². The van der Waals surface area contributed by atoms with Gasteiger partial charge < -0.3 is 4.57 Å². The van der Waals surface area contributed by atoms with Crippen LogP contribution in [0.2, 0.25) is 5.02 Å². The van der Waals surface area contributed by atoms with E-state index in [2.05, 4.69) is 10.2 Å². The van der Waals surface area contributed by atoms with Gasteiger partial charge in [-0.2, -0.15) is 0 Å². The van der Waals surface area contributed by atoms with Crippen LogP contribution in [-0.2, 0) is 7.05 Å². The number of nitro groups is 1. The maximum Gasteiger partial charge on any atom is 0.270 e. The molecule has 8 heteroatoms. The SMILES string of the molecule is Cc1nnc(Sc2ccc([N+](=O)[O-])cc2Cl)n1C. The van der Waals surface area contributed by atoms with Gasteiger partial charge in [0.05, 0.1) is 9.95 Å². The van der Waals surface area contributed by atoms with Crippen LogP contribution >= 0.6 is 23.4 Å². The first-order chi connectivity index (χ1) is 8.49. The van der Waals surface area contributed by atoms with Crippen LogP contribution in [0, 0.1) is 17.0 Å². The first-order valence-electron chi connectivity index (χ1n) is 4.97. The van der Waals surface area contributed by atoms with Crippen LogP contribution < -0.4 is 0 Å². The number of aromatic nitrogens is 3. The summed E-state index contributed by atoms with van der Waals surface area (Å²) in [6.07, 6.45) is 0. The molecule has 94 valence electrons. The van der Waals surface area contributed by atoms with E-state index in [0.29, 0.717) is 15.1 Å². The zero-order chi connectivity index (χ0) is 13.3. The number of aryl methyl sites for hydroxylation is 1. The van der Waals surface area contributed by atoms with Gasteiger partial charge >= 0.3 is 0 Å². The predicted octanol–water partition coefficient (Wildman–Crippen LogP) is 2.84. The average molecular weight is 285 g/mol. The van der Waals surface area contributed by atoms with E-state index in [0.717, 1.165) is 5.82 Å². The van der Waals surface area contributed by atoms with E-state index in [1.807, 2.05) is 18.5 Å². The molecule has 6 nitrogen and oxygen atoms in total. The molecule has 0 radical (unpaired) electrons. The molecule has 0 aliphatic heterocycles. The lowest BCUT2D eigenvalue weighted by Crippen LogP contribution is -1.93. The molecule has 0 saturated heterocycles. The number of halogens is 1. The highest BCUT2D eigenvalue weighted by Crippen LogP contribution is 2.34. The third-order valence-corrected chi connectivity index (χ3v) is 3.92. The fourth-order valence-corrected chi connectivity index (χ4v) is 2.39. The standard InChI is InChI=1S/C10H9ClN4O2S/c1-6-12-13-10(14(6)2)18-9-4-3-7(15(16)17)5-8(9)11/h3-5H,1-2H3. The van der Waals surface area contributed by atoms with E-state index >= 15 is 0 Å². The van der Waals surface area contributed by atoms with E-state index in [1.165, 1.54) is 23.9 Å². The average Bonchev–Trinajstić information content (AvgIpc) is 2.63. The van der Waals surface area contributed by atoms with E-state index in [9.17, 15) is 10.1 Å². The lowest BCUT2D eigenvalue weighted by atomic mass is 10.3. The van der Waals surface area contributed by atoms with Gasteiger partial charge in [-0.25, -0.2) is 0 Å². The minimum Gasteiger partial charge on any atom is -0.309 e. The molecular formula is C10H9ClN4O2S. The first-order valence-corrected chi connectivity index (χ1v) is 6.16. The number of hydrogen-bond donors (Lipinski definition) is 0. The lowest BCUT2D eigenvalue weighted by Gasteiger charge is -2.03. The van der Waals surface area contributed by atoms with Crippen LogP contribution in [0.5, 0.6) is 0 Å². The van der Waals surface area contributed by atoms with Crippen molar-refractivity contribution in [2.45, 2.75) is 17.0 Å². The van der Waals surface area contributed by atoms with Crippen LogP contribution in [0.3, 0.4) is 0 Å². The van der Waals surface area contributed by atoms with Crippen molar-refractivity contribution < 1.29 is 4.92 Å². The highest BCUT2D eigenvalue weighted by Gasteiger charge is 2.13. The molecule has 2 aromatic rings. The number of nitrogens with zero attached hydrogens (tertiary/aromatic N) is 4. The molecule has 18 heavy (non-hydrogen) atoms. The molecular weight excluding hydrogens is 276 g/mol. The smallest absolute Gasteiger partial charge is 0.270 e. The monoisotopic (exact) mass is 284 g/mol. The Bertz CT molecular complexity index is 614. The fourth-order valence-electron chi connectivity index (χ4n) is 1.26. The van der Waals surface area contributed by atoms with Crippen LogP contribution in [-0.4, -0.2) is 19.7 Å². The number of benzene rings is 1. The molecule has 0 fully saturated rings. The van der Waals surface area contributed by atoms with E-state index in [1.54, 1.807) is 6.07 Å². The quantitative estimate of drug-likeness (QED) is 0.640. The highest BCUT2D eigenvalue weighted by atomic mass is 35.5. The zero-order valence-electron chi connectivity index (χ0n) is 9.62. The van der Waals surface area contributed by atoms with Gasteiger partial charge in [0.2, 0.25) is 0 Å². The molecule has 0 atom stereocenters. The summed E-state index contributed by atoms with van der Waals surface area (Å²) >= 11 is 7.32. The van der Waals surface area contributed by atoms with Crippen molar-refractivity contribution in [2.75, 3.05) is 0 Å². The molecule has 1 aromatic carbocycles. The van der Waals surface area contributed by atoms with Crippen molar-refractivity contribution in [2.24, 2.45) is 7.05 Å². The second kappa shape index (κ2) is 4.95. The molecule has 1 aromatic heterocycles. The van der Waals surface area contributed by atoms with Crippen molar-refractivity contribution in [3.63, 3.8) is 0 Å². The Morgan fingerprint density at radius 1 is 1.44 bits per heavy atom. The molecule has 1 heterocycles. The molecule has 0 amide bonds. The highest BCUT2D eigenvalue weighted by molar-refractivity contribution is 7.99. The summed E-state index contributed by atoms with van der Waals surface area (Å²) in [6.45, 7) is 1.84. The summed E-state index contributed by atoms with van der Waals surface area (Å²) in [4.78, 5) is 10.8. The Hall–Kier alpha value is -1.60. The van der Waals surface area contributed by atoms with Gasteiger partial charge in [-0.1, -0.05) is 11.6 Å². The molecule has 0 aliphatic rings. The molecule has 0 bridgehead atoms. The van der Waals surface area contributed by atoms with E-state index in [4.69, 9.17) is 11.6 Å². The van der Waals surface area contributed by atoms with Gasteiger partial charge in [0.15, 0.2) is 5.16 Å². The number of nitro benzene ring substituents is 1. The molecule has 0 unspecified atom stereocenters. The summed E-state index contributed by atoms with van der Waals surface area (Å²) in [5, 5.41) is 19.5.